The Morgan fingerprint density at radius 2 is 1.60 bits per heavy atom. The van der Waals surface area contributed by atoms with Gasteiger partial charge in [-0.25, -0.2) is 0 Å². The fraction of sp³-hybridized carbons (Fsp3) is 0.294. The molecule has 0 amide bonds. The fourth-order valence-corrected chi connectivity index (χ4v) is 2.37. The summed E-state index contributed by atoms with van der Waals surface area (Å²) in [4.78, 5) is 0. The molecule has 2 nitrogen and oxygen atoms in total. The van der Waals surface area contributed by atoms with Gasteiger partial charge < -0.3 is 10.1 Å². The molecule has 2 aromatic carbocycles. The van der Waals surface area contributed by atoms with Crippen LogP contribution >= 0.6 is 22.6 Å². The minimum Gasteiger partial charge on any atom is -0.489 e. The summed E-state index contributed by atoms with van der Waals surface area (Å²) >= 11 is 2.32. The molecule has 2 rings (SSSR count). The van der Waals surface area contributed by atoms with Gasteiger partial charge in [0.2, 0.25) is 0 Å². The zero-order valence-electron chi connectivity index (χ0n) is 12.1. The molecule has 0 bridgehead atoms. The molecule has 0 radical (unpaired) electrons. The van der Waals surface area contributed by atoms with Gasteiger partial charge in [-0.3, -0.25) is 0 Å². The van der Waals surface area contributed by atoms with E-state index in [0.29, 0.717) is 0 Å². The molecule has 2 aromatic rings. The number of ether oxygens (including phenoxy) is 1. The second-order valence-electron chi connectivity index (χ2n) is 5.08. The monoisotopic (exact) mass is 381 g/mol. The smallest absolute Gasteiger partial charge is 0.142 e. The highest BCUT2D eigenvalue weighted by Gasteiger charge is 2.09. The SMILES string of the molecule is CC(C)Oc1ccccc1NC(C)c1ccc(I)cc1. The molecule has 1 atom stereocenters. The molecule has 106 valence electrons. The lowest BCUT2D eigenvalue weighted by molar-refractivity contribution is 0.243. The summed E-state index contributed by atoms with van der Waals surface area (Å²) in [7, 11) is 0. The maximum Gasteiger partial charge on any atom is 0.142 e. The first-order valence-electron chi connectivity index (χ1n) is 6.84. The lowest BCUT2D eigenvalue weighted by Crippen LogP contribution is -2.11. The number of rotatable bonds is 5. The van der Waals surface area contributed by atoms with E-state index in [4.69, 9.17) is 4.74 Å². The number of anilines is 1. The van der Waals surface area contributed by atoms with Crippen LogP contribution in [0.2, 0.25) is 0 Å². The lowest BCUT2D eigenvalue weighted by Gasteiger charge is -2.20. The zero-order valence-corrected chi connectivity index (χ0v) is 14.2. The number of nitrogens with one attached hydrogen (secondary N) is 1. The summed E-state index contributed by atoms with van der Waals surface area (Å²) in [5.41, 5.74) is 2.30. The van der Waals surface area contributed by atoms with Crippen LogP contribution < -0.4 is 10.1 Å². The van der Waals surface area contributed by atoms with Crippen LogP contribution in [0.3, 0.4) is 0 Å². The molecule has 3 heteroatoms. The Morgan fingerprint density at radius 1 is 0.950 bits per heavy atom. The molecule has 0 aliphatic carbocycles. The van der Waals surface area contributed by atoms with Gasteiger partial charge in [-0.15, -0.1) is 0 Å². The van der Waals surface area contributed by atoms with Gasteiger partial charge in [0.25, 0.3) is 0 Å². The molecule has 0 saturated carbocycles. The van der Waals surface area contributed by atoms with Gasteiger partial charge in [0, 0.05) is 9.61 Å². The molecule has 0 fully saturated rings. The summed E-state index contributed by atoms with van der Waals surface area (Å²) in [6, 6.07) is 16.9. The van der Waals surface area contributed by atoms with Crippen molar-refractivity contribution in [3.05, 3.63) is 57.7 Å². The predicted octanol–water partition coefficient (Wildman–Crippen LogP) is 5.25. The van der Waals surface area contributed by atoms with E-state index in [1.54, 1.807) is 0 Å². The Labute approximate surface area is 134 Å². The third-order valence-corrected chi connectivity index (χ3v) is 3.71. The van der Waals surface area contributed by atoms with Crippen molar-refractivity contribution in [3.8, 4) is 5.75 Å². The standard InChI is InChI=1S/C17H20INO/c1-12(2)20-17-7-5-4-6-16(17)19-13(3)14-8-10-15(18)11-9-14/h4-13,19H,1-3H3. The quantitative estimate of drug-likeness (QED) is 0.715. The van der Waals surface area contributed by atoms with Gasteiger partial charge in [0.1, 0.15) is 5.75 Å². The number of hydrogen-bond acceptors (Lipinski definition) is 2. The number of benzene rings is 2. The van der Waals surface area contributed by atoms with E-state index >= 15 is 0 Å². The van der Waals surface area contributed by atoms with Crippen LogP contribution in [0.1, 0.15) is 32.4 Å². The highest BCUT2D eigenvalue weighted by atomic mass is 127. The first-order valence-corrected chi connectivity index (χ1v) is 7.92. The van der Waals surface area contributed by atoms with E-state index in [0.717, 1.165) is 11.4 Å². The summed E-state index contributed by atoms with van der Waals surface area (Å²) in [6.07, 6.45) is 0.173. The Kier molecular flexibility index (Phi) is 5.29. The molecule has 0 aliphatic rings. The molecule has 1 N–H and O–H groups in total. The van der Waals surface area contributed by atoms with Gasteiger partial charge in [-0.2, -0.15) is 0 Å². The van der Waals surface area contributed by atoms with Crippen molar-refractivity contribution in [2.75, 3.05) is 5.32 Å². The first kappa shape index (κ1) is 15.2. The van der Waals surface area contributed by atoms with Crippen molar-refractivity contribution in [2.24, 2.45) is 0 Å². The van der Waals surface area contributed by atoms with E-state index in [-0.39, 0.29) is 12.1 Å². The zero-order chi connectivity index (χ0) is 14.5. The molecule has 0 spiro atoms. The number of hydrogen-bond donors (Lipinski definition) is 1. The van der Waals surface area contributed by atoms with Crippen LogP contribution in [-0.2, 0) is 0 Å². The molecular weight excluding hydrogens is 361 g/mol. The van der Waals surface area contributed by atoms with Gasteiger partial charge in [-0.05, 0) is 73.2 Å². The topological polar surface area (TPSA) is 21.3 Å². The highest BCUT2D eigenvalue weighted by Crippen LogP contribution is 2.29. The Hall–Kier alpha value is -1.23. The Bertz CT molecular complexity index is 551. The number of para-hydroxylation sites is 2. The Morgan fingerprint density at radius 3 is 2.25 bits per heavy atom. The summed E-state index contributed by atoms with van der Waals surface area (Å²) in [5.74, 6) is 0.903. The second-order valence-corrected chi connectivity index (χ2v) is 6.33. The normalized spacial score (nSPS) is 12.2. The van der Waals surface area contributed by atoms with Crippen molar-refractivity contribution in [1.29, 1.82) is 0 Å². The number of halogens is 1. The van der Waals surface area contributed by atoms with Crippen molar-refractivity contribution in [1.82, 2.24) is 0 Å². The third kappa shape index (κ3) is 4.13. The second kappa shape index (κ2) is 6.97. The maximum atomic E-state index is 5.84. The fourth-order valence-electron chi connectivity index (χ4n) is 2.01. The van der Waals surface area contributed by atoms with E-state index in [1.165, 1.54) is 9.13 Å². The van der Waals surface area contributed by atoms with Crippen LogP contribution in [0.5, 0.6) is 5.75 Å². The van der Waals surface area contributed by atoms with E-state index in [2.05, 4.69) is 65.2 Å². The van der Waals surface area contributed by atoms with Crippen LogP contribution in [0.4, 0.5) is 5.69 Å². The van der Waals surface area contributed by atoms with Gasteiger partial charge >= 0.3 is 0 Å². The average Bonchev–Trinajstić information content (AvgIpc) is 2.41. The average molecular weight is 381 g/mol. The Balaban J connectivity index is 2.15. The minimum atomic E-state index is 0.173. The van der Waals surface area contributed by atoms with Crippen LogP contribution in [0.25, 0.3) is 0 Å². The summed E-state index contributed by atoms with van der Waals surface area (Å²) in [6.45, 7) is 6.24. The van der Waals surface area contributed by atoms with Crippen molar-refractivity contribution < 1.29 is 4.74 Å². The molecule has 0 aromatic heterocycles. The van der Waals surface area contributed by atoms with E-state index in [1.807, 2.05) is 32.0 Å². The largest absolute Gasteiger partial charge is 0.489 e. The highest BCUT2D eigenvalue weighted by molar-refractivity contribution is 14.1. The lowest BCUT2D eigenvalue weighted by atomic mass is 10.1. The molecule has 0 aliphatic heterocycles. The predicted molar refractivity (Wildman–Crippen MR) is 93.4 cm³/mol. The van der Waals surface area contributed by atoms with Crippen LogP contribution in [-0.4, -0.2) is 6.10 Å². The summed E-state index contributed by atoms with van der Waals surface area (Å²) in [5, 5.41) is 3.52. The minimum absolute atomic E-state index is 0.173. The van der Waals surface area contributed by atoms with Gasteiger partial charge in [-0.1, -0.05) is 24.3 Å². The van der Waals surface area contributed by atoms with Gasteiger partial charge in [0.15, 0.2) is 0 Å². The molecule has 0 heterocycles. The third-order valence-electron chi connectivity index (χ3n) is 2.99. The van der Waals surface area contributed by atoms with Gasteiger partial charge in [0.05, 0.1) is 11.8 Å². The van der Waals surface area contributed by atoms with Crippen molar-refractivity contribution >= 4 is 28.3 Å². The molecule has 1 unspecified atom stereocenters. The summed E-state index contributed by atoms with van der Waals surface area (Å²) < 4.78 is 7.09. The van der Waals surface area contributed by atoms with Crippen molar-refractivity contribution in [3.63, 3.8) is 0 Å². The molecule has 0 saturated heterocycles. The molecule has 20 heavy (non-hydrogen) atoms. The van der Waals surface area contributed by atoms with Crippen LogP contribution in [0.15, 0.2) is 48.5 Å². The maximum absolute atomic E-state index is 5.84. The molecular formula is C17H20INO. The van der Waals surface area contributed by atoms with E-state index in [9.17, 15) is 0 Å². The van der Waals surface area contributed by atoms with Crippen molar-refractivity contribution in [2.45, 2.75) is 32.9 Å². The van der Waals surface area contributed by atoms with Crippen LogP contribution in [0, 0.1) is 3.57 Å². The van der Waals surface area contributed by atoms with E-state index < -0.39 is 0 Å². The first-order chi connectivity index (χ1) is 9.56.